The molecule has 2 aliphatic heterocycles. The number of nitrogens with two attached hydrogens (primary N) is 1. The van der Waals surface area contributed by atoms with Gasteiger partial charge in [-0.05, 0) is 94.9 Å². The zero-order chi connectivity index (χ0) is 46.6. The first-order valence-electron chi connectivity index (χ1n) is 20.6. The molecule has 4 N–H and O–H groups in total. The highest BCUT2D eigenvalue weighted by Gasteiger charge is 2.68. The first-order chi connectivity index (χ1) is 29.4. The number of urea groups is 2. The number of amides is 5. The normalized spacial score (nSPS) is 23.7. The molecule has 3 aliphatic carbocycles. The topological polar surface area (TPSA) is 214 Å². The Hall–Kier alpha value is -4.44. The van der Waals surface area contributed by atoms with Crippen molar-refractivity contribution >= 4 is 52.7 Å². The third kappa shape index (κ3) is 9.00. The largest absolute Gasteiger partial charge is 0.495 e. The van der Waals surface area contributed by atoms with Gasteiger partial charge in [0.05, 0.1) is 62.8 Å². The van der Waals surface area contributed by atoms with Crippen molar-refractivity contribution in [1.82, 2.24) is 19.8 Å². The summed E-state index contributed by atoms with van der Waals surface area (Å²) >= 11 is 6.77. The molecule has 2 saturated heterocycles. The van der Waals surface area contributed by atoms with E-state index in [2.05, 4.69) is 24.5 Å². The Kier molecular flexibility index (Phi) is 13.6. The Bertz CT molecular complexity index is 2270. The first kappa shape index (κ1) is 48.0. The minimum absolute atomic E-state index is 0.0423. The second-order valence-electron chi connectivity index (χ2n) is 17.9. The third-order valence-electron chi connectivity index (χ3n) is 12.6. The number of imide groups is 1. The molecule has 6 atom stereocenters. The minimum Gasteiger partial charge on any atom is -0.495 e. The number of rotatable bonds is 15. The van der Waals surface area contributed by atoms with Crippen molar-refractivity contribution in [2.45, 2.75) is 96.5 Å². The van der Waals surface area contributed by atoms with E-state index in [0.717, 1.165) is 18.6 Å². The van der Waals surface area contributed by atoms with Gasteiger partial charge in [-0.2, -0.15) is 0 Å². The second-order valence-corrected chi connectivity index (χ2v) is 20.3. The Balaban J connectivity index is 1.41. The number of methoxy groups -OCH3 is 3. The summed E-state index contributed by atoms with van der Waals surface area (Å²) < 4.78 is 92.7. The fourth-order valence-electron chi connectivity index (χ4n) is 9.32. The van der Waals surface area contributed by atoms with E-state index in [0.29, 0.717) is 21.5 Å². The van der Waals surface area contributed by atoms with E-state index >= 15 is 8.78 Å². The van der Waals surface area contributed by atoms with E-state index < -0.39 is 93.0 Å². The summed E-state index contributed by atoms with van der Waals surface area (Å²) in [6.45, 7) is 10.5. The Morgan fingerprint density at radius 3 is 2.29 bits per heavy atom. The molecule has 2 bridgehead atoms. The van der Waals surface area contributed by atoms with Gasteiger partial charge in [-0.25, -0.2) is 40.8 Å². The quantitative estimate of drug-likeness (QED) is 0.163. The number of carbonyl (C=O) groups is 4. The highest BCUT2D eigenvalue weighted by atomic mass is 35.5. The van der Waals surface area contributed by atoms with Gasteiger partial charge in [0, 0.05) is 5.56 Å². The number of hydrogen-bond acceptors (Lipinski definition) is 13. The number of ether oxygens (including phenoxy) is 4. The van der Waals surface area contributed by atoms with Crippen LogP contribution in [0.5, 0.6) is 17.2 Å². The number of hydrogen-bond donors (Lipinski definition) is 3. The Morgan fingerprint density at radius 1 is 1.02 bits per heavy atom. The molecule has 0 aromatic heterocycles. The lowest BCUT2D eigenvalue weighted by Crippen LogP contribution is -2.65. The van der Waals surface area contributed by atoms with Crippen LogP contribution in [-0.2, 0) is 35.3 Å². The minimum atomic E-state index is -4.16. The molecule has 2 unspecified atom stereocenters. The number of esters is 1. The van der Waals surface area contributed by atoms with Crippen LogP contribution >= 0.6 is 11.6 Å². The van der Waals surface area contributed by atoms with Crippen molar-refractivity contribution in [3.8, 4) is 17.2 Å². The molecule has 5 amide bonds. The molecule has 0 spiro atoms. The molecular formula is C41H55BClF2N5O12S. The van der Waals surface area contributed by atoms with Crippen molar-refractivity contribution < 1.29 is 64.6 Å². The Labute approximate surface area is 371 Å². The van der Waals surface area contributed by atoms with Gasteiger partial charge in [0.25, 0.3) is 0 Å². The molecule has 17 nitrogen and oxygen atoms in total. The summed E-state index contributed by atoms with van der Waals surface area (Å²) in [7, 11) is -1.74. The maximum Gasteiger partial charge on any atom is 0.482 e. The summed E-state index contributed by atoms with van der Waals surface area (Å²) in [6.07, 6.45) is 1.02. The molecule has 63 heavy (non-hydrogen) atoms. The van der Waals surface area contributed by atoms with E-state index in [1.165, 1.54) is 27.4 Å². The molecule has 0 radical (unpaired) electrons. The maximum absolute atomic E-state index is 15.7. The van der Waals surface area contributed by atoms with Crippen LogP contribution in [0.15, 0.2) is 18.2 Å². The predicted molar refractivity (Wildman–Crippen MR) is 226 cm³/mol. The summed E-state index contributed by atoms with van der Waals surface area (Å²) in [5.74, 6) is -6.07. The lowest BCUT2D eigenvalue weighted by Gasteiger charge is -2.64. The van der Waals surface area contributed by atoms with Gasteiger partial charge in [-0.15, -0.1) is 0 Å². The van der Waals surface area contributed by atoms with Crippen LogP contribution in [0.1, 0.15) is 88.3 Å². The van der Waals surface area contributed by atoms with Gasteiger partial charge in [-0.1, -0.05) is 31.5 Å². The summed E-state index contributed by atoms with van der Waals surface area (Å²) in [5.41, 5.74) is 3.04. The standard InChI is InChI=1S/C41H55BClF2N5O12S/c1-39(2,3)60-36(52)29-24(44)12-11-21(32(29)57-7)17-28(42-61-27-19-22-18-26(40(22,4)5)41(27,6)62-42)47-35(51)31(23-20-25(45)33(58-8)34(59-9)30(23)43)48-37(53)49-14-15-50(38(49)54)63(55,56)16-10-13-46/h11-12,20,22,26-28,31H,10,13-19,46H2,1-9H3,(H,47,51)(H,48,53)/t22-,26-,27+,28?,31?,41-/m0/s1. The van der Waals surface area contributed by atoms with Gasteiger partial charge >= 0.3 is 25.1 Å². The third-order valence-corrected chi connectivity index (χ3v) is 14.8. The number of carbonyl (C=O) groups excluding carboxylic acids is 4. The Morgan fingerprint density at radius 2 is 1.68 bits per heavy atom. The van der Waals surface area contributed by atoms with Crippen LogP contribution in [0.2, 0.25) is 5.02 Å². The highest BCUT2D eigenvalue weighted by molar-refractivity contribution is 7.89. The van der Waals surface area contributed by atoms with E-state index in [4.69, 9.17) is 45.6 Å². The number of halogens is 3. The molecule has 2 aromatic rings. The van der Waals surface area contributed by atoms with Crippen molar-refractivity contribution in [1.29, 1.82) is 0 Å². The van der Waals surface area contributed by atoms with Gasteiger partial charge < -0.3 is 44.6 Å². The number of sulfonamides is 1. The summed E-state index contributed by atoms with van der Waals surface area (Å²) in [5, 5.41) is 4.97. The second kappa shape index (κ2) is 17.9. The average molecular weight is 926 g/mol. The predicted octanol–water partition coefficient (Wildman–Crippen LogP) is 4.76. The lowest BCUT2D eigenvalue weighted by atomic mass is 9.43. The fraction of sp³-hybridized carbons (Fsp3) is 0.610. The molecule has 346 valence electrons. The van der Waals surface area contributed by atoms with Gasteiger partial charge in [0.2, 0.25) is 15.9 Å². The summed E-state index contributed by atoms with van der Waals surface area (Å²) in [4.78, 5) is 56.3. The fourth-order valence-corrected chi connectivity index (χ4v) is 11.1. The van der Waals surface area contributed by atoms with Gasteiger partial charge in [0.15, 0.2) is 17.3 Å². The molecule has 2 heterocycles. The van der Waals surface area contributed by atoms with E-state index in [9.17, 15) is 27.6 Å². The van der Waals surface area contributed by atoms with Crippen molar-refractivity contribution in [3.63, 3.8) is 0 Å². The number of nitrogens with zero attached hydrogens (tertiary/aromatic N) is 2. The van der Waals surface area contributed by atoms with Crippen LogP contribution in [0, 0.1) is 28.9 Å². The average Bonchev–Trinajstić information content (AvgIpc) is 3.79. The van der Waals surface area contributed by atoms with Crippen molar-refractivity contribution in [3.05, 3.63) is 51.5 Å². The number of nitrogens with one attached hydrogen (secondary N) is 2. The highest BCUT2D eigenvalue weighted by Crippen LogP contribution is 2.65. The number of benzene rings is 2. The van der Waals surface area contributed by atoms with Crippen LogP contribution in [-0.4, -0.2) is 119 Å². The molecule has 3 saturated carbocycles. The monoisotopic (exact) mass is 925 g/mol. The van der Waals surface area contributed by atoms with Gasteiger partial charge in [-0.3, -0.25) is 4.79 Å². The lowest BCUT2D eigenvalue weighted by molar-refractivity contribution is -0.199. The molecule has 5 fully saturated rings. The van der Waals surface area contributed by atoms with Crippen LogP contribution < -0.4 is 30.6 Å². The van der Waals surface area contributed by atoms with Crippen molar-refractivity contribution in [2.24, 2.45) is 23.0 Å². The molecule has 22 heteroatoms. The van der Waals surface area contributed by atoms with E-state index in [1.807, 2.05) is 6.92 Å². The summed E-state index contributed by atoms with van der Waals surface area (Å²) in [6, 6.07) is -1.02. The van der Waals surface area contributed by atoms with E-state index in [-0.39, 0.29) is 77.6 Å². The maximum atomic E-state index is 15.7. The van der Waals surface area contributed by atoms with Gasteiger partial charge in [0.1, 0.15) is 28.8 Å². The van der Waals surface area contributed by atoms with Crippen LogP contribution in [0.4, 0.5) is 18.4 Å². The molecular weight excluding hydrogens is 871 g/mol. The molecule has 2 aromatic carbocycles. The molecule has 7 rings (SSSR count). The van der Waals surface area contributed by atoms with Crippen LogP contribution in [0.25, 0.3) is 0 Å². The molecule has 5 aliphatic rings. The van der Waals surface area contributed by atoms with Crippen molar-refractivity contribution in [2.75, 3.05) is 46.7 Å². The van der Waals surface area contributed by atoms with Crippen LogP contribution in [0.3, 0.4) is 0 Å². The smallest absolute Gasteiger partial charge is 0.482 e. The SMILES string of the molecule is COc1c(F)cc(C(NC(=O)N2CCN(S(=O)(=O)CCCN)C2=O)C(=O)NC(Cc2ccc(F)c(C(=O)OC(C)(C)C)c2OC)B2O[C@@H]3C[C@@H]4C[C@@H](C4(C)C)[C@]3(C)O2)c(Cl)c1OC. The first-order valence-corrected chi connectivity index (χ1v) is 22.6. The van der Waals surface area contributed by atoms with E-state index in [1.54, 1.807) is 20.8 Å². The zero-order valence-electron chi connectivity index (χ0n) is 36.8. The zero-order valence-corrected chi connectivity index (χ0v) is 38.3.